The van der Waals surface area contributed by atoms with Crippen LogP contribution in [0.4, 0.5) is 13.2 Å². The third kappa shape index (κ3) is 5.84. The van der Waals surface area contributed by atoms with Crippen LogP contribution >= 0.6 is 11.6 Å². The Balaban J connectivity index is 2.00. The lowest BCUT2D eigenvalue weighted by Gasteiger charge is -2.19. The second kappa shape index (κ2) is 8.31. The van der Waals surface area contributed by atoms with Crippen molar-refractivity contribution >= 4 is 17.5 Å². The van der Waals surface area contributed by atoms with Gasteiger partial charge in [-0.1, -0.05) is 23.7 Å². The highest BCUT2D eigenvalue weighted by Crippen LogP contribution is 2.25. The number of benzene rings is 2. The summed E-state index contributed by atoms with van der Waals surface area (Å²) in [5.74, 6) is 0.0879. The van der Waals surface area contributed by atoms with Crippen molar-refractivity contribution in [1.82, 2.24) is 4.90 Å². The Bertz CT molecular complexity index is 763. The Morgan fingerprint density at radius 2 is 1.81 bits per heavy atom. The van der Waals surface area contributed by atoms with E-state index in [9.17, 15) is 18.0 Å². The lowest BCUT2D eigenvalue weighted by Crippen LogP contribution is -2.27. The van der Waals surface area contributed by atoms with E-state index < -0.39 is 6.36 Å². The maximum Gasteiger partial charge on any atom is 0.573 e. The minimum absolute atomic E-state index is 0.0473. The van der Waals surface area contributed by atoms with Crippen molar-refractivity contribution in [2.75, 3.05) is 14.2 Å². The van der Waals surface area contributed by atoms with Gasteiger partial charge in [-0.05, 0) is 35.9 Å². The molecule has 0 aromatic heterocycles. The number of hydrogen-bond donors (Lipinski definition) is 0. The van der Waals surface area contributed by atoms with E-state index in [-0.39, 0.29) is 24.6 Å². The van der Waals surface area contributed by atoms with Gasteiger partial charge in [0.1, 0.15) is 11.5 Å². The third-order valence-electron chi connectivity index (χ3n) is 3.59. The molecule has 0 bridgehead atoms. The van der Waals surface area contributed by atoms with Gasteiger partial charge >= 0.3 is 6.36 Å². The minimum atomic E-state index is -4.74. The monoisotopic (exact) mass is 387 g/mol. The zero-order valence-corrected chi connectivity index (χ0v) is 14.9. The van der Waals surface area contributed by atoms with Crippen molar-refractivity contribution in [3.63, 3.8) is 0 Å². The summed E-state index contributed by atoms with van der Waals surface area (Å²) in [5, 5.41) is 0.530. The first-order valence-electron chi connectivity index (χ1n) is 7.59. The van der Waals surface area contributed by atoms with Crippen molar-refractivity contribution in [3.8, 4) is 11.5 Å². The predicted molar refractivity (Wildman–Crippen MR) is 91.3 cm³/mol. The Hall–Kier alpha value is -2.41. The number of rotatable bonds is 6. The molecule has 0 spiro atoms. The van der Waals surface area contributed by atoms with Crippen molar-refractivity contribution in [1.29, 1.82) is 0 Å². The Labute approximate surface area is 154 Å². The highest BCUT2D eigenvalue weighted by atomic mass is 35.5. The number of alkyl halides is 3. The third-order valence-corrected chi connectivity index (χ3v) is 3.82. The summed E-state index contributed by atoms with van der Waals surface area (Å²) in [7, 11) is 3.16. The van der Waals surface area contributed by atoms with Crippen LogP contribution in [0.15, 0.2) is 42.5 Å². The number of nitrogens with zero attached hydrogens (tertiary/aromatic N) is 1. The maximum atomic E-state index is 12.4. The van der Waals surface area contributed by atoms with Crippen molar-refractivity contribution in [3.05, 3.63) is 58.6 Å². The molecule has 0 heterocycles. The summed E-state index contributed by atoms with van der Waals surface area (Å²) in [6.07, 6.45) is -4.70. The van der Waals surface area contributed by atoms with Gasteiger partial charge in [-0.2, -0.15) is 0 Å². The van der Waals surface area contributed by atoms with Crippen LogP contribution in [0.2, 0.25) is 5.02 Å². The zero-order valence-electron chi connectivity index (χ0n) is 14.1. The van der Waals surface area contributed by atoms with Crippen LogP contribution in [-0.2, 0) is 17.8 Å². The van der Waals surface area contributed by atoms with Crippen LogP contribution in [0.25, 0.3) is 0 Å². The number of amides is 1. The standard InChI is InChI=1S/C18H17ClF3NO3/c1-23(11-13-10-14(19)5-8-16(13)25-2)17(24)9-12-3-6-15(7-4-12)26-18(20,21)22/h3-8,10H,9,11H2,1-2H3. The maximum absolute atomic E-state index is 12.4. The molecule has 0 unspecified atom stereocenters. The number of halogens is 4. The fourth-order valence-corrected chi connectivity index (χ4v) is 2.53. The number of methoxy groups -OCH3 is 1. The molecule has 0 radical (unpaired) electrons. The zero-order chi connectivity index (χ0) is 19.3. The molecule has 0 aliphatic rings. The summed E-state index contributed by atoms with van der Waals surface area (Å²) >= 11 is 5.98. The van der Waals surface area contributed by atoms with Gasteiger partial charge in [0.05, 0.1) is 13.5 Å². The molecule has 0 fully saturated rings. The van der Waals surface area contributed by atoms with Crippen LogP contribution in [0, 0.1) is 0 Å². The fourth-order valence-electron chi connectivity index (χ4n) is 2.33. The van der Waals surface area contributed by atoms with Crippen LogP contribution in [-0.4, -0.2) is 31.3 Å². The molecule has 2 aromatic rings. The summed E-state index contributed by atoms with van der Waals surface area (Å²) in [4.78, 5) is 13.9. The van der Waals surface area contributed by atoms with Crippen molar-refractivity contribution < 1.29 is 27.4 Å². The van der Waals surface area contributed by atoms with Gasteiger partial charge in [0.25, 0.3) is 0 Å². The first-order chi connectivity index (χ1) is 12.2. The number of carbonyl (C=O) groups is 1. The van der Waals surface area contributed by atoms with Gasteiger partial charge in [0.15, 0.2) is 0 Å². The normalized spacial score (nSPS) is 11.2. The average Bonchev–Trinajstić information content (AvgIpc) is 2.55. The number of carbonyl (C=O) groups excluding carboxylic acids is 1. The lowest BCUT2D eigenvalue weighted by atomic mass is 10.1. The molecule has 2 rings (SSSR count). The van der Waals surface area contributed by atoms with E-state index in [0.717, 1.165) is 5.56 Å². The van der Waals surface area contributed by atoms with E-state index in [0.29, 0.717) is 16.3 Å². The molecule has 26 heavy (non-hydrogen) atoms. The van der Waals surface area contributed by atoms with Crippen molar-refractivity contribution in [2.45, 2.75) is 19.3 Å². The summed E-state index contributed by atoms with van der Waals surface area (Å²) in [5.41, 5.74) is 1.33. The quantitative estimate of drug-likeness (QED) is 0.735. The van der Waals surface area contributed by atoms with Gasteiger partial charge in [0.2, 0.25) is 5.91 Å². The predicted octanol–water partition coefficient (Wildman–Crippen LogP) is 4.45. The van der Waals surface area contributed by atoms with Crippen LogP contribution in [0.3, 0.4) is 0 Å². The van der Waals surface area contributed by atoms with Gasteiger partial charge in [-0.25, -0.2) is 0 Å². The van der Waals surface area contributed by atoms with Gasteiger partial charge in [-0.15, -0.1) is 13.2 Å². The highest BCUT2D eigenvalue weighted by molar-refractivity contribution is 6.30. The van der Waals surface area contributed by atoms with E-state index in [2.05, 4.69) is 4.74 Å². The molecular formula is C18H17ClF3NO3. The molecule has 0 aliphatic heterocycles. The van der Waals surface area contributed by atoms with E-state index >= 15 is 0 Å². The topological polar surface area (TPSA) is 38.8 Å². The van der Waals surface area contributed by atoms with Gasteiger partial charge in [0, 0.05) is 24.2 Å². The van der Waals surface area contributed by atoms with E-state index in [4.69, 9.17) is 16.3 Å². The Morgan fingerprint density at radius 3 is 2.38 bits per heavy atom. The molecule has 0 aliphatic carbocycles. The van der Waals surface area contributed by atoms with E-state index in [1.54, 1.807) is 25.2 Å². The SMILES string of the molecule is COc1ccc(Cl)cc1CN(C)C(=O)Cc1ccc(OC(F)(F)F)cc1. The van der Waals surface area contributed by atoms with Gasteiger partial charge in [-0.3, -0.25) is 4.79 Å². The lowest BCUT2D eigenvalue weighted by molar-refractivity contribution is -0.274. The van der Waals surface area contributed by atoms with Crippen molar-refractivity contribution in [2.24, 2.45) is 0 Å². The molecule has 140 valence electrons. The summed E-state index contributed by atoms with van der Waals surface area (Å²) < 4.78 is 45.5. The molecule has 0 atom stereocenters. The van der Waals surface area contributed by atoms with Crippen LogP contribution < -0.4 is 9.47 Å². The molecule has 0 saturated heterocycles. The van der Waals surface area contributed by atoms with Crippen LogP contribution in [0.5, 0.6) is 11.5 Å². The largest absolute Gasteiger partial charge is 0.573 e. The Kier molecular flexibility index (Phi) is 6.37. The van der Waals surface area contributed by atoms with Gasteiger partial charge < -0.3 is 14.4 Å². The van der Waals surface area contributed by atoms with E-state index in [1.807, 2.05) is 0 Å². The van der Waals surface area contributed by atoms with Crippen LogP contribution in [0.1, 0.15) is 11.1 Å². The molecule has 2 aromatic carbocycles. The van der Waals surface area contributed by atoms with E-state index in [1.165, 1.54) is 36.3 Å². The molecule has 8 heteroatoms. The summed E-state index contributed by atoms with van der Waals surface area (Å²) in [6, 6.07) is 10.3. The number of hydrogen-bond acceptors (Lipinski definition) is 3. The summed E-state index contributed by atoms with van der Waals surface area (Å²) in [6.45, 7) is 0.290. The average molecular weight is 388 g/mol. The first-order valence-corrected chi connectivity index (χ1v) is 7.97. The molecule has 0 saturated carbocycles. The molecule has 0 N–H and O–H groups in total. The fraction of sp³-hybridized carbons (Fsp3) is 0.278. The Morgan fingerprint density at radius 1 is 1.15 bits per heavy atom. The first kappa shape index (κ1) is 19.9. The minimum Gasteiger partial charge on any atom is -0.496 e. The number of ether oxygens (including phenoxy) is 2. The smallest absolute Gasteiger partial charge is 0.496 e. The second-order valence-corrected chi connectivity index (χ2v) is 6.01. The number of likely N-dealkylation sites (N-methyl/N-ethyl adjacent to an activating group) is 1. The second-order valence-electron chi connectivity index (χ2n) is 5.57. The molecule has 1 amide bonds. The molecular weight excluding hydrogens is 371 g/mol. The highest BCUT2D eigenvalue weighted by Gasteiger charge is 2.31. The molecule has 4 nitrogen and oxygen atoms in total.